The molecule has 0 aliphatic rings. The molecule has 0 atom stereocenters. The van der Waals surface area contributed by atoms with Crippen LogP contribution in [0.25, 0.3) is 22.3 Å². The van der Waals surface area contributed by atoms with Crippen LogP contribution in [-0.4, -0.2) is 20.2 Å². The molecule has 3 rings (SSSR count). The predicted molar refractivity (Wildman–Crippen MR) is 61.5 cm³/mol. The lowest BCUT2D eigenvalue weighted by molar-refractivity contribution is 1.10. The van der Waals surface area contributed by atoms with Gasteiger partial charge in [-0.05, 0) is 18.2 Å². The zero-order valence-electron chi connectivity index (χ0n) is 8.38. The van der Waals surface area contributed by atoms with Gasteiger partial charge in [0.25, 0.3) is 0 Å². The molecule has 78 valence electrons. The molecule has 5 heteroatoms. The molecule has 0 saturated heterocycles. The first kappa shape index (κ1) is 8.84. The second kappa shape index (κ2) is 3.30. The molecule has 0 saturated carbocycles. The minimum Gasteiger partial charge on any atom is -0.399 e. The lowest BCUT2D eigenvalue weighted by atomic mass is 10.1. The number of H-pyrrole nitrogens is 1. The van der Waals surface area contributed by atoms with Crippen molar-refractivity contribution in [3.8, 4) is 11.4 Å². The number of anilines is 1. The largest absolute Gasteiger partial charge is 0.399 e. The minimum absolute atomic E-state index is 0.707. The number of benzene rings is 1. The molecule has 3 N–H and O–H groups in total. The Labute approximate surface area is 91.3 Å². The fraction of sp³-hybridized carbons (Fsp3) is 0. The van der Waals surface area contributed by atoms with Crippen LogP contribution in [0, 0.1) is 0 Å². The maximum absolute atomic E-state index is 5.75. The Morgan fingerprint density at radius 2 is 2.12 bits per heavy atom. The molecule has 0 fully saturated rings. The van der Waals surface area contributed by atoms with Crippen molar-refractivity contribution in [2.75, 3.05) is 5.73 Å². The van der Waals surface area contributed by atoms with Crippen LogP contribution in [0.15, 0.2) is 36.8 Å². The molecular weight excluding hydrogens is 202 g/mol. The normalized spacial score (nSPS) is 10.8. The Bertz CT molecular complexity index is 629. The number of aromatic amines is 1. The molecule has 0 unspecified atom stereocenters. The second-order valence-electron chi connectivity index (χ2n) is 3.47. The summed E-state index contributed by atoms with van der Waals surface area (Å²) in [6.45, 7) is 0. The lowest BCUT2D eigenvalue weighted by Gasteiger charge is -1.96. The zero-order chi connectivity index (χ0) is 11.0. The molecule has 0 amide bonds. The van der Waals surface area contributed by atoms with Crippen molar-refractivity contribution < 1.29 is 0 Å². The summed E-state index contributed by atoms with van der Waals surface area (Å²) in [6, 6.07) is 5.61. The number of nitrogen functional groups attached to an aromatic ring is 1. The predicted octanol–water partition coefficient (Wildman–Crippen LogP) is 1.60. The van der Waals surface area contributed by atoms with E-state index in [-0.39, 0.29) is 0 Å². The van der Waals surface area contributed by atoms with Crippen molar-refractivity contribution in [2.24, 2.45) is 0 Å². The number of rotatable bonds is 1. The molecular formula is C11H9N5. The van der Waals surface area contributed by atoms with E-state index in [9.17, 15) is 0 Å². The third-order valence-electron chi connectivity index (χ3n) is 2.39. The van der Waals surface area contributed by atoms with E-state index in [2.05, 4.69) is 20.2 Å². The minimum atomic E-state index is 0.707. The van der Waals surface area contributed by atoms with Gasteiger partial charge in [0.2, 0.25) is 0 Å². The Morgan fingerprint density at radius 3 is 2.94 bits per heavy atom. The summed E-state index contributed by atoms with van der Waals surface area (Å²) < 4.78 is 0. The van der Waals surface area contributed by atoms with Crippen LogP contribution in [0.3, 0.4) is 0 Å². The Hall–Kier alpha value is -2.43. The third-order valence-corrected chi connectivity index (χ3v) is 2.39. The number of nitrogens with zero attached hydrogens (tertiary/aromatic N) is 3. The molecule has 0 aliphatic carbocycles. The van der Waals surface area contributed by atoms with E-state index in [0.717, 1.165) is 22.3 Å². The van der Waals surface area contributed by atoms with E-state index >= 15 is 0 Å². The molecule has 5 nitrogen and oxygen atoms in total. The summed E-state index contributed by atoms with van der Waals surface area (Å²) in [5.74, 6) is 0. The van der Waals surface area contributed by atoms with Gasteiger partial charge in [0.15, 0.2) is 0 Å². The molecule has 2 aromatic heterocycles. The van der Waals surface area contributed by atoms with Crippen LogP contribution in [0.1, 0.15) is 0 Å². The van der Waals surface area contributed by atoms with E-state index in [1.165, 1.54) is 0 Å². The van der Waals surface area contributed by atoms with Gasteiger partial charge >= 0.3 is 0 Å². The quantitative estimate of drug-likeness (QED) is 0.599. The van der Waals surface area contributed by atoms with Crippen LogP contribution < -0.4 is 5.73 Å². The molecule has 0 radical (unpaired) electrons. The van der Waals surface area contributed by atoms with E-state index in [1.54, 1.807) is 18.6 Å². The monoisotopic (exact) mass is 211 g/mol. The van der Waals surface area contributed by atoms with Crippen molar-refractivity contribution in [3.63, 3.8) is 0 Å². The van der Waals surface area contributed by atoms with Crippen molar-refractivity contribution in [1.82, 2.24) is 20.2 Å². The molecule has 16 heavy (non-hydrogen) atoms. The first-order valence-electron chi connectivity index (χ1n) is 4.84. The Kier molecular flexibility index (Phi) is 1.83. The van der Waals surface area contributed by atoms with Crippen molar-refractivity contribution >= 4 is 16.6 Å². The number of hydrogen-bond donors (Lipinski definition) is 2. The van der Waals surface area contributed by atoms with Gasteiger partial charge in [0, 0.05) is 23.5 Å². The highest BCUT2D eigenvalue weighted by Crippen LogP contribution is 2.25. The maximum atomic E-state index is 5.75. The highest BCUT2D eigenvalue weighted by molar-refractivity contribution is 5.93. The lowest BCUT2D eigenvalue weighted by Crippen LogP contribution is -1.86. The summed E-state index contributed by atoms with van der Waals surface area (Å²) in [7, 11) is 0. The van der Waals surface area contributed by atoms with Gasteiger partial charge in [-0.1, -0.05) is 0 Å². The van der Waals surface area contributed by atoms with Crippen LogP contribution >= 0.6 is 0 Å². The topological polar surface area (TPSA) is 80.5 Å². The fourth-order valence-electron chi connectivity index (χ4n) is 1.65. The van der Waals surface area contributed by atoms with Crippen LogP contribution in [0.4, 0.5) is 5.69 Å². The highest BCUT2D eigenvalue weighted by atomic mass is 15.1. The number of nitrogens with two attached hydrogens (primary N) is 1. The zero-order valence-corrected chi connectivity index (χ0v) is 8.38. The summed E-state index contributed by atoms with van der Waals surface area (Å²) >= 11 is 0. The summed E-state index contributed by atoms with van der Waals surface area (Å²) in [4.78, 5) is 8.24. The van der Waals surface area contributed by atoms with Gasteiger partial charge in [-0.25, -0.2) is 0 Å². The standard InChI is InChI=1S/C11H9N5/c12-7-1-2-9-8(5-7)11(16-15-9)10-6-13-3-4-14-10/h1-6H,12H2,(H,15,16). The number of fused-ring (bicyclic) bond motifs is 1. The van der Waals surface area contributed by atoms with Gasteiger partial charge in [0.1, 0.15) is 11.4 Å². The smallest absolute Gasteiger partial charge is 0.120 e. The molecule has 3 aromatic rings. The van der Waals surface area contributed by atoms with Crippen LogP contribution in [-0.2, 0) is 0 Å². The van der Waals surface area contributed by atoms with Crippen molar-refractivity contribution in [3.05, 3.63) is 36.8 Å². The molecule has 2 heterocycles. The third kappa shape index (κ3) is 1.30. The van der Waals surface area contributed by atoms with Gasteiger partial charge in [-0.15, -0.1) is 0 Å². The van der Waals surface area contributed by atoms with Gasteiger partial charge < -0.3 is 5.73 Å². The van der Waals surface area contributed by atoms with Crippen LogP contribution in [0.2, 0.25) is 0 Å². The number of nitrogens with one attached hydrogen (secondary N) is 1. The van der Waals surface area contributed by atoms with Crippen molar-refractivity contribution in [2.45, 2.75) is 0 Å². The summed E-state index contributed by atoms with van der Waals surface area (Å²) in [5, 5.41) is 8.12. The summed E-state index contributed by atoms with van der Waals surface area (Å²) in [5.41, 5.74) is 8.91. The van der Waals surface area contributed by atoms with Gasteiger partial charge in [-0.2, -0.15) is 5.10 Å². The van der Waals surface area contributed by atoms with Gasteiger partial charge in [-0.3, -0.25) is 15.1 Å². The average molecular weight is 211 g/mol. The number of hydrogen-bond acceptors (Lipinski definition) is 4. The van der Waals surface area contributed by atoms with E-state index in [0.29, 0.717) is 5.69 Å². The fourth-order valence-corrected chi connectivity index (χ4v) is 1.65. The molecule has 0 bridgehead atoms. The van der Waals surface area contributed by atoms with E-state index < -0.39 is 0 Å². The van der Waals surface area contributed by atoms with E-state index in [1.807, 2.05) is 18.2 Å². The molecule has 1 aromatic carbocycles. The van der Waals surface area contributed by atoms with Crippen molar-refractivity contribution in [1.29, 1.82) is 0 Å². The van der Waals surface area contributed by atoms with Gasteiger partial charge in [0.05, 0.1) is 11.7 Å². The maximum Gasteiger partial charge on any atom is 0.120 e. The average Bonchev–Trinajstić information content (AvgIpc) is 2.73. The van der Waals surface area contributed by atoms with E-state index in [4.69, 9.17) is 5.73 Å². The number of aromatic nitrogens is 4. The Balaban J connectivity index is 2.29. The SMILES string of the molecule is Nc1ccc2[nH]nc(-c3cnccn3)c2c1. The molecule has 0 spiro atoms. The van der Waals surface area contributed by atoms with Crippen LogP contribution in [0.5, 0.6) is 0 Å². The highest BCUT2D eigenvalue weighted by Gasteiger charge is 2.08. The second-order valence-corrected chi connectivity index (χ2v) is 3.47. The first-order valence-corrected chi connectivity index (χ1v) is 4.84. The molecule has 0 aliphatic heterocycles. The summed E-state index contributed by atoms with van der Waals surface area (Å²) in [6.07, 6.45) is 4.95. The first-order chi connectivity index (χ1) is 7.84. The Morgan fingerprint density at radius 1 is 1.19 bits per heavy atom.